The Kier molecular flexibility index (Phi) is 2.96. The highest BCUT2D eigenvalue weighted by atomic mass is 19.2. The van der Waals surface area contributed by atoms with Gasteiger partial charge in [-0.05, 0) is 6.07 Å². The number of halogens is 9. The average Bonchev–Trinajstić information content (AvgIpc) is 2.57. The van der Waals surface area contributed by atoms with Gasteiger partial charge in [0.15, 0.2) is 52.4 Å². The van der Waals surface area contributed by atoms with Crippen molar-refractivity contribution < 1.29 is 39.5 Å². The van der Waals surface area contributed by atoms with Crippen LogP contribution in [0.2, 0.25) is 0 Å². The lowest BCUT2D eigenvalue weighted by Crippen LogP contribution is -2.06. The Bertz CT molecular complexity index is 1200. The second-order valence-electron chi connectivity index (χ2n) is 5.29. The lowest BCUT2D eigenvalue weighted by Gasteiger charge is -2.16. The van der Waals surface area contributed by atoms with Crippen LogP contribution in [0.3, 0.4) is 0 Å². The van der Waals surface area contributed by atoms with Gasteiger partial charge in [0.1, 0.15) is 0 Å². The number of benzene rings is 4. The molecule has 0 amide bonds. The molecule has 0 saturated heterocycles. The number of rotatable bonds is 0. The van der Waals surface area contributed by atoms with Crippen molar-refractivity contribution in [1.29, 1.82) is 0 Å². The lowest BCUT2D eigenvalue weighted by atomic mass is 9.91. The van der Waals surface area contributed by atoms with Crippen molar-refractivity contribution in [2.75, 3.05) is 0 Å². The lowest BCUT2D eigenvalue weighted by molar-refractivity contribution is 0.448. The van der Waals surface area contributed by atoms with Gasteiger partial charge in [-0.15, -0.1) is 0 Å². The molecule has 9 heteroatoms. The highest BCUT2D eigenvalue weighted by Gasteiger charge is 2.32. The highest BCUT2D eigenvalue weighted by molar-refractivity contribution is 6.24. The minimum Gasteiger partial charge on any atom is -0.204 e. The van der Waals surface area contributed by atoms with Gasteiger partial charge in [0.2, 0.25) is 0 Å². The number of hydrogen-bond acceptors (Lipinski definition) is 0. The van der Waals surface area contributed by atoms with E-state index in [0.717, 1.165) is 0 Å². The maximum absolute atomic E-state index is 14.1. The van der Waals surface area contributed by atoms with Gasteiger partial charge in [0, 0.05) is 16.2 Å². The van der Waals surface area contributed by atoms with Crippen molar-refractivity contribution in [3.05, 3.63) is 58.4 Å². The summed E-state index contributed by atoms with van der Waals surface area (Å²) in [5, 5.41) is -7.73. The van der Waals surface area contributed by atoms with E-state index in [1.807, 2.05) is 0 Å². The molecule has 0 spiro atoms. The third kappa shape index (κ3) is 1.65. The van der Waals surface area contributed by atoms with E-state index >= 15 is 0 Å². The minimum atomic E-state index is -2.37. The summed E-state index contributed by atoms with van der Waals surface area (Å²) in [6.45, 7) is 0. The summed E-state index contributed by atoms with van der Waals surface area (Å²) in [6, 6.07) is 0.130. The molecule has 128 valence electrons. The molecule has 0 aliphatic heterocycles. The molecule has 25 heavy (non-hydrogen) atoms. The first kappa shape index (κ1) is 15.8. The maximum atomic E-state index is 14.1. The molecule has 0 atom stereocenters. The van der Waals surface area contributed by atoms with Crippen molar-refractivity contribution in [3.8, 4) is 0 Å². The van der Waals surface area contributed by atoms with E-state index in [9.17, 15) is 39.5 Å². The van der Waals surface area contributed by atoms with Gasteiger partial charge in [-0.2, -0.15) is 0 Å². The van der Waals surface area contributed by atoms with Crippen LogP contribution in [0.15, 0.2) is 6.07 Å². The summed E-state index contributed by atoms with van der Waals surface area (Å²) in [5.41, 5.74) is 0. The Morgan fingerprint density at radius 3 is 1.28 bits per heavy atom. The molecule has 0 aromatic heterocycles. The summed E-state index contributed by atoms with van der Waals surface area (Å²) in [5.74, 6) is -19.0. The second kappa shape index (κ2) is 4.68. The van der Waals surface area contributed by atoms with Crippen LogP contribution in [0, 0.1) is 52.4 Å². The molecule has 0 aliphatic rings. The fourth-order valence-corrected chi connectivity index (χ4v) is 3.03. The monoisotopic (exact) mass is 364 g/mol. The molecule has 4 aromatic carbocycles. The second-order valence-corrected chi connectivity index (χ2v) is 5.29. The van der Waals surface area contributed by atoms with Gasteiger partial charge in [-0.3, -0.25) is 0 Å². The molecular formula is C16HF9. The van der Waals surface area contributed by atoms with E-state index in [4.69, 9.17) is 0 Å². The van der Waals surface area contributed by atoms with Crippen molar-refractivity contribution >= 4 is 32.3 Å². The molecule has 0 N–H and O–H groups in total. The zero-order valence-electron chi connectivity index (χ0n) is 11.5. The molecular weight excluding hydrogens is 363 g/mol. The molecule has 0 radical (unpaired) electrons. The van der Waals surface area contributed by atoms with Crippen molar-refractivity contribution in [3.63, 3.8) is 0 Å². The Hall–Kier alpha value is -2.71. The minimum absolute atomic E-state index is 0.130. The summed E-state index contributed by atoms with van der Waals surface area (Å²) >= 11 is 0. The quantitative estimate of drug-likeness (QED) is 0.209. The third-order valence-corrected chi connectivity index (χ3v) is 4.07. The van der Waals surface area contributed by atoms with Gasteiger partial charge < -0.3 is 0 Å². The van der Waals surface area contributed by atoms with E-state index in [-0.39, 0.29) is 6.07 Å². The van der Waals surface area contributed by atoms with Crippen LogP contribution in [0.25, 0.3) is 32.3 Å². The normalized spacial score (nSPS) is 12.2. The van der Waals surface area contributed by atoms with E-state index in [1.54, 1.807) is 0 Å². The van der Waals surface area contributed by atoms with Gasteiger partial charge >= 0.3 is 0 Å². The molecule has 4 aromatic rings. The first-order chi connectivity index (χ1) is 11.7. The van der Waals surface area contributed by atoms with Crippen LogP contribution in [0.4, 0.5) is 39.5 Å². The van der Waals surface area contributed by atoms with E-state index in [1.165, 1.54) is 0 Å². The van der Waals surface area contributed by atoms with Crippen LogP contribution in [0.1, 0.15) is 0 Å². The Balaban J connectivity index is 2.60. The topological polar surface area (TPSA) is 0 Å². The van der Waals surface area contributed by atoms with Crippen LogP contribution in [0.5, 0.6) is 0 Å². The summed E-state index contributed by atoms with van der Waals surface area (Å²) in [6.07, 6.45) is 0. The van der Waals surface area contributed by atoms with Gasteiger partial charge in [0.25, 0.3) is 0 Å². The smallest absolute Gasteiger partial charge is 0.195 e. The Morgan fingerprint density at radius 2 is 0.760 bits per heavy atom. The van der Waals surface area contributed by atoms with Crippen molar-refractivity contribution in [1.82, 2.24) is 0 Å². The van der Waals surface area contributed by atoms with Crippen LogP contribution in [-0.4, -0.2) is 0 Å². The fraction of sp³-hybridized carbons (Fsp3) is 0. The summed E-state index contributed by atoms with van der Waals surface area (Å²) in [7, 11) is 0. The fourth-order valence-electron chi connectivity index (χ4n) is 3.03. The molecule has 0 fully saturated rings. The Morgan fingerprint density at radius 1 is 0.360 bits per heavy atom. The summed E-state index contributed by atoms with van der Waals surface area (Å²) < 4.78 is 126. The first-order valence-corrected chi connectivity index (χ1v) is 6.53. The zero-order valence-corrected chi connectivity index (χ0v) is 11.5. The van der Waals surface area contributed by atoms with Crippen molar-refractivity contribution in [2.24, 2.45) is 0 Å². The molecule has 0 aliphatic carbocycles. The highest BCUT2D eigenvalue weighted by Crippen LogP contribution is 2.44. The van der Waals surface area contributed by atoms with Crippen LogP contribution in [-0.2, 0) is 0 Å². The van der Waals surface area contributed by atoms with Crippen LogP contribution >= 0.6 is 0 Å². The first-order valence-electron chi connectivity index (χ1n) is 6.53. The van der Waals surface area contributed by atoms with Gasteiger partial charge in [-0.1, -0.05) is 0 Å². The maximum Gasteiger partial charge on any atom is 0.195 e. The van der Waals surface area contributed by atoms with Crippen LogP contribution < -0.4 is 0 Å². The van der Waals surface area contributed by atoms with E-state index < -0.39 is 84.7 Å². The predicted molar refractivity (Wildman–Crippen MR) is 69.8 cm³/mol. The molecule has 0 nitrogen and oxygen atoms in total. The molecule has 0 saturated carbocycles. The standard InChI is InChI=1S/C16HF9/c17-3-1-2-4-5-7(11(20)9(2)18)14(23)16(25)15(24)8(5)13(22)12(21)6(4)10(3)19/h1H. The largest absolute Gasteiger partial charge is 0.204 e. The molecule has 0 bridgehead atoms. The molecule has 0 heterocycles. The zero-order chi connectivity index (χ0) is 18.4. The van der Waals surface area contributed by atoms with Gasteiger partial charge in [0.05, 0.1) is 16.2 Å². The average molecular weight is 364 g/mol. The number of hydrogen-bond donors (Lipinski definition) is 0. The van der Waals surface area contributed by atoms with Crippen molar-refractivity contribution in [2.45, 2.75) is 0 Å². The predicted octanol–water partition coefficient (Wildman–Crippen LogP) is 5.84. The van der Waals surface area contributed by atoms with E-state index in [2.05, 4.69) is 0 Å². The van der Waals surface area contributed by atoms with E-state index in [0.29, 0.717) is 0 Å². The van der Waals surface area contributed by atoms with Gasteiger partial charge in [-0.25, -0.2) is 39.5 Å². The molecule has 4 rings (SSSR count). The third-order valence-electron chi connectivity index (χ3n) is 4.07. The SMILES string of the molecule is Fc1cc2c(F)c(F)c3c(F)c(F)c(F)c4c(F)c(F)c(c1F)c2c34. The molecule has 0 unspecified atom stereocenters. The Labute approximate surface area is 131 Å². The summed E-state index contributed by atoms with van der Waals surface area (Å²) in [4.78, 5) is 0.